The summed E-state index contributed by atoms with van der Waals surface area (Å²) >= 11 is 0. The minimum atomic E-state index is -0.106. The first kappa shape index (κ1) is 16.3. The molecule has 0 fully saturated rings. The van der Waals surface area contributed by atoms with Crippen molar-refractivity contribution in [1.29, 1.82) is 0 Å². The van der Waals surface area contributed by atoms with E-state index in [1.165, 1.54) is 5.39 Å². The van der Waals surface area contributed by atoms with E-state index in [2.05, 4.69) is 34.6 Å². The van der Waals surface area contributed by atoms with Crippen LogP contribution >= 0.6 is 0 Å². The maximum Gasteiger partial charge on any atom is 0.255 e. The number of nitrogens with one attached hydrogen (secondary N) is 1. The highest BCUT2D eigenvalue weighted by Crippen LogP contribution is 2.24. The molecule has 26 heavy (non-hydrogen) atoms. The van der Waals surface area contributed by atoms with Crippen LogP contribution in [0.15, 0.2) is 60.8 Å². The number of hydrogen-bond acceptors (Lipinski definition) is 2. The zero-order valence-corrected chi connectivity index (χ0v) is 15.2. The van der Waals surface area contributed by atoms with Crippen LogP contribution in [0, 0.1) is 13.8 Å². The Bertz CT molecular complexity index is 1120. The summed E-state index contributed by atoms with van der Waals surface area (Å²) in [4.78, 5) is 17.4. The van der Waals surface area contributed by atoms with Crippen molar-refractivity contribution in [2.24, 2.45) is 0 Å². The second kappa shape index (κ2) is 6.30. The van der Waals surface area contributed by atoms with Crippen LogP contribution in [0.2, 0.25) is 0 Å². The minimum Gasteiger partial charge on any atom is -0.345 e. The molecule has 4 heteroatoms. The van der Waals surface area contributed by atoms with Gasteiger partial charge in [0.15, 0.2) is 0 Å². The molecule has 0 aliphatic rings. The molecular formula is C22H21N3O. The van der Waals surface area contributed by atoms with E-state index in [0.29, 0.717) is 11.2 Å². The van der Waals surface area contributed by atoms with Crippen LogP contribution < -0.4 is 5.32 Å². The molecule has 0 aliphatic heterocycles. The molecule has 1 unspecified atom stereocenters. The molecule has 4 nitrogen and oxygen atoms in total. The second-order valence-corrected chi connectivity index (χ2v) is 6.73. The van der Waals surface area contributed by atoms with Crippen LogP contribution in [0.4, 0.5) is 0 Å². The predicted molar refractivity (Wildman–Crippen MR) is 104 cm³/mol. The number of benzene rings is 2. The lowest BCUT2D eigenvalue weighted by Gasteiger charge is -2.16. The maximum atomic E-state index is 12.9. The zero-order chi connectivity index (χ0) is 18.3. The highest BCUT2D eigenvalue weighted by Gasteiger charge is 2.17. The van der Waals surface area contributed by atoms with Crippen LogP contribution in [0.25, 0.3) is 16.4 Å². The second-order valence-electron chi connectivity index (χ2n) is 6.73. The van der Waals surface area contributed by atoms with Crippen molar-refractivity contribution in [2.45, 2.75) is 26.8 Å². The van der Waals surface area contributed by atoms with Crippen LogP contribution in [0.3, 0.4) is 0 Å². The van der Waals surface area contributed by atoms with Gasteiger partial charge in [-0.1, -0.05) is 42.5 Å². The van der Waals surface area contributed by atoms with Gasteiger partial charge in [0.1, 0.15) is 5.65 Å². The molecule has 1 N–H and O–H groups in total. The average Bonchev–Trinajstić information content (AvgIpc) is 3.05. The average molecular weight is 343 g/mol. The molecule has 2 heterocycles. The fourth-order valence-corrected chi connectivity index (χ4v) is 3.55. The largest absolute Gasteiger partial charge is 0.345 e. The van der Waals surface area contributed by atoms with Gasteiger partial charge in [0, 0.05) is 17.6 Å². The predicted octanol–water partition coefficient (Wildman–Crippen LogP) is 4.60. The van der Waals surface area contributed by atoms with Crippen LogP contribution in [0.1, 0.15) is 40.3 Å². The molecule has 0 bridgehead atoms. The number of carbonyl (C=O) groups excluding carboxylic acids is 1. The Morgan fingerprint density at radius 2 is 1.85 bits per heavy atom. The fourth-order valence-electron chi connectivity index (χ4n) is 3.55. The first-order valence-electron chi connectivity index (χ1n) is 8.78. The van der Waals surface area contributed by atoms with Crippen molar-refractivity contribution in [2.75, 3.05) is 0 Å². The summed E-state index contributed by atoms with van der Waals surface area (Å²) in [7, 11) is 0. The third kappa shape index (κ3) is 2.73. The lowest BCUT2D eigenvalue weighted by Crippen LogP contribution is -2.26. The first-order valence-corrected chi connectivity index (χ1v) is 8.78. The van der Waals surface area contributed by atoms with E-state index in [1.54, 1.807) is 0 Å². The highest BCUT2D eigenvalue weighted by atomic mass is 16.1. The van der Waals surface area contributed by atoms with Crippen LogP contribution in [-0.4, -0.2) is 15.3 Å². The Balaban J connectivity index is 1.68. The Kier molecular flexibility index (Phi) is 3.96. The number of fused-ring (bicyclic) bond motifs is 2. The van der Waals surface area contributed by atoms with E-state index in [1.807, 2.05) is 61.7 Å². The molecule has 4 aromatic rings. The van der Waals surface area contributed by atoms with Crippen LogP contribution in [-0.2, 0) is 0 Å². The van der Waals surface area contributed by atoms with Gasteiger partial charge in [0.2, 0.25) is 0 Å². The fraction of sp³-hybridized carbons (Fsp3) is 0.182. The van der Waals surface area contributed by atoms with Crippen molar-refractivity contribution < 1.29 is 4.79 Å². The summed E-state index contributed by atoms with van der Waals surface area (Å²) in [5.41, 5.74) is 4.38. The Hall–Kier alpha value is -3.14. The number of hydrogen-bond donors (Lipinski definition) is 1. The summed E-state index contributed by atoms with van der Waals surface area (Å²) in [6, 6.07) is 18.2. The molecule has 1 amide bonds. The Labute approximate surface area is 152 Å². The molecule has 0 spiro atoms. The number of aryl methyl sites for hydroxylation is 2. The summed E-state index contributed by atoms with van der Waals surface area (Å²) in [5.74, 6) is -0.106. The van der Waals surface area contributed by atoms with Gasteiger partial charge in [-0.05, 0) is 49.2 Å². The SMILES string of the molecule is Cc1cc(C)n2ccc(C(=O)NC(C)c3cccc4ccccc34)c2n1. The Morgan fingerprint density at radius 1 is 1.08 bits per heavy atom. The van der Waals surface area contributed by atoms with Crippen molar-refractivity contribution >= 4 is 22.3 Å². The van der Waals surface area contributed by atoms with E-state index in [0.717, 1.165) is 22.3 Å². The van der Waals surface area contributed by atoms with E-state index in [9.17, 15) is 4.79 Å². The molecule has 0 saturated carbocycles. The molecule has 2 aromatic heterocycles. The first-order chi connectivity index (χ1) is 12.5. The summed E-state index contributed by atoms with van der Waals surface area (Å²) in [5, 5.41) is 5.47. The minimum absolute atomic E-state index is 0.102. The number of rotatable bonds is 3. The third-order valence-electron chi connectivity index (χ3n) is 4.82. The zero-order valence-electron chi connectivity index (χ0n) is 15.2. The summed E-state index contributed by atoms with van der Waals surface area (Å²) in [6.45, 7) is 5.98. The summed E-state index contributed by atoms with van der Waals surface area (Å²) in [6.07, 6.45) is 1.90. The van der Waals surface area contributed by atoms with E-state index in [4.69, 9.17) is 0 Å². The number of aromatic nitrogens is 2. The van der Waals surface area contributed by atoms with Crippen molar-refractivity contribution in [1.82, 2.24) is 14.7 Å². The Morgan fingerprint density at radius 3 is 2.69 bits per heavy atom. The molecule has 2 aromatic carbocycles. The molecule has 0 radical (unpaired) electrons. The van der Waals surface area contributed by atoms with Gasteiger partial charge in [0.25, 0.3) is 5.91 Å². The van der Waals surface area contributed by atoms with Gasteiger partial charge >= 0.3 is 0 Å². The molecule has 1 atom stereocenters. The van der Waals surface area contributed by atoms with Crippen molar-refractivity contribution in [3.8, 4) is 0 Å². The number of amides is 1. The van der Waals surface area contributed by atoms with Crippen molar-refractivity contribution in [3.63, 3.8) is 0 Å². The van der Waals surface area contributed by atoms with Gasteiger partial charge < -0.3 is 9.72 Å². The van der Waals surface area contributed by atoms with Gasteiger partial charge in [-0.15, -0.1) is 0 Å². The van der Waals surface area contributed by atoms with Gasteiger partial charge in [0.05, 0.1) is 11.6 Å². The monoisotopic (exact) mass is 343 g/mol. The van der Waals surface area contributed by atoms with E-state index in [-0.39, 0.29) is 11.9 Å². The van der Waals surface area contributed by atoms with Gasteiger partial charge in [-0.2, -0.15) is 0 Å². The number of carbonyl (C=O) groups is 1. The smallest absolute Gasteiger partial charge is 0.255 e. The van der Waals surface area contributed by atoms with Gasteiger partial charge in [-0.3, -0.25) is 4.79 Å². The lowest BCUT2D eigenvalue weighted by molar-refractivity contribution is 0.0941. The van der Waals surface area contributed by atoms with E-state index < -0.39 is 0 Å². The van der Waals surface area contributed by atoms with Gasteiger partial charge in [-0.25, -0.2) is 4.98 Å². The third-order valence-corrected chi connectivity index (χ3v) is 4.82. The topological polar surface area (TPSA) is 46.4 Å². The summed E-state index contributed by atoms with van der Waals surface area (Å²) < 4.78 is 1.95. The molecule has 0 saturated heterocycles. The standard InChI is InChI=1S/C22H21N3O/c1-14-13-15(2)25-12-11-20(21(25)23-14)22(26)24-16(3)18-10-6-8-17-7-4-5-9-19(17)18/h4-13,16H,1-3H3,(H,24,26). The molecule has 130 valence electrons. The number of nitrogens with zero attached hydrogens (tertiary/aromatic N) is 2. The maximum absolute atomic E-state index is 12.9. The molecular weight excluding hydrogens is 322 g/mol. The highest BCUT2D eigenvalue weighted by molar-refractivity contribution is 6.00. The quantitative estimate of drug-likeness (QED) is 0.591. The van der Waals surface area contributed by atoms with Crippen molar-refractivity contribution in [3.05, 3.63) is 83.3 Å². The normalized spacial score (nSPS) is 12.4. The molecule has 0 aliphatic carbocycles. The lowest BCUT2D eigenvalue weighted by atomic mass is 9.99. The van der Waals surface area contributed by atoms with E-state index >= 15 is 0 Å². The molecule has 4 rings (SSSR count). The van der Waals surface area contributed by atoms with Crippen LogP contribution in [0.5, 0.6) is 0 Å².